The molecule has 0 aliphatic rings. The molecule has 2 aromatic rings. The summed E-state index contributed by atoms with van der Waals surface area (Å²) >= 11 is 6.03. The van der Waals surface area contributed by atoms with E-state index in [1.165, 1.54) is 11.0 Å². The molecule has 0 saturated carbocycles. The Hall–Kier alpha value is -2.78. The molecule has 0 unspecified atom stereocenters. The highest BCUT2D eigenvalue weighted by molar-refractivity contribution is 7.92. The molecule has 0 saturated heterocycles. The lowest BCUT2D eigenvalue weighted by Gasteiger charge is -2.31. The highest BCUT2D eigenvalue weighted by atomic mass is 35.5. The van der Waals surface area contributed by atoms with Crippen LogP contribution in [-0.2, 0) is 26.2 Å². The van der Waals surface area contributed by atoms with Crippen molar-refractivity contribution in [2.24, 2.45) is 0 Å². The Morgan fingerprint density at radius 1 is 1.15 bits per heavy atom. The second-order valence-electron chi connectivity index (χ2n) is 7.59. The van der Waals surface area contributed by atoms with E-state index in [9.17, 15) is 18.0 Å². The van der Waals surface area contributed by atoms with Crippen LogP contribution < -0.4 is 14.4 Å². The monoisotopic (exact) mass is 495 g/mol. The topological polar surface area (TPSA) is 96.0 Å². The summed E-state index contributed by atoms with van der Waals surface area (Å²) in [7, 11) is -2.24. The lowest BCUT2D eigenvalue weighted by Crippen LogP contribution is -2.51. The minimum absolute atomic E-state index is 0.122. The Labute approximate surface area is 200 Å². The lowest BCUT2D eigenvalue weighted by molar-refractivity contribution is -0.139. The summed E-state index contributed by atoms with van der Waals surface area (Å²) in [6.07, 6.45) is 1.77. The zero-order chi connectivity index (χ0) is 24.6. The van der Waals surface area contributed by atoms with Gasteiger partial charge in [0.1, 0.15) is 18.3 Å². The Morgan fingerprint density at radius 3 is 2.36 bits per heavy atom. The van der Waals surface area contributed by atoms with Crippen molar-refractivity contribution < 1.29 is 22.7 Å². The van der Waals surface area contributed by atoms with Crippen molar-refractivity contribution in [3.8, 4) is 5.75 Å². The van der Waals surface area contributed by atoms with Gasteiger partial charge in [-0.1, -0.05) is 36.7 Å². The predicted octanol–water partition coefficient (Wildman–Crippen LogP) is 3.06. The molecule has 0 aliphatic heterocycles. The molecule has 8 nitrogen and oxygen atoms in total. The molecule has 0 fully saturated rings. The van der Waals surface area contributed by atoms with Crippen LogP contribution in [0.5, 0.6) is 5.75 Å². The smallest absolute Gasteiger partial charge is 0.244 e. The van der Waals surface area contributed by atoms with Crippen LogP contribution >= 0.6 is 11.6 Å². The summed E-state index contributed by atoms with van der Waals surface area (Å²) in [5.41, 5.74) is 1.04. The van der Waals surface area contributed by atoms with Gasteiger partial charge in [0.25, 0.3) is 0 Å². The van der Waals surface area contributed by atoms with Crippen LogP contribution in [0.3, 0.4) is 0 Å². The molecule has 2 aromatic carbocycles. The van der Waals surface area contributed by atoms with Gasteiger partial charge in [0.2, 0.25) is 21.8 Å². The molecule has 2 rings (SSSR count). The largest absolute Gasteiger partial charge is 0.497 e. The number of amides is 2. The number of hydrogen-bond donors (Lipinski definition) is 1. The average molecular weight is 496 g/mol. The first-order valence-electron chi connectivity index (χ1n) is 10.5. The summed E-state index contributed by atoms with van der Waals surface area (Å²) in [5.74, 6) is -0.169. The van der Waals surface area contributed by atoms with Gasteiger partial charge < -0.3 is 15.0 Å². The van der Waals surface area contributed by atoms with Crippen LogP contribution in [0, 0.1) is 0 Å². The number of nitrogens with one attached hydrogen (secondary N) is 1. The minimum atomic E-state index is -3.80. The molecular weight excluding hydrogens is 466 g/mol. The van der Waals surface area contributed by atoms with Crippen molar-refractivity contribution in [3.05, 3.63) is 59.1 Å². The van der Waals surface area contributed by atoms with Gasteiger partial charge >= 0.3 is 0 Å². The van der Waals surface area contributed by atoms with Crippen LogP contribution in [0.15, 0.2) is 48.5 Å². The van der Waals surface area contributed by atoms with Gasteiger partial charge in [0, 0.05) is 18.1 Å². The maximum absolute atomic E-state index is 13.4. The quantitative estimate of drug-likeness (QED) is 0.517. The van der Waals surface area contributed by atoms with Crippen molar-refractivity contribution in [3.63, 3.8) is 0 Å². The van der Waals surface area contributed by atoms with Gasteiger partial charge in [0.15, 0.2) is 0 Å². The number of carbonyl (C=O) groups is 2. The summed E-state index contributed by atoms with van der Waals surface area (Å²) in [6, 6.07) is 12.5. The van der Waals surface area contributed by atoms with Crippen LogP contribution in [0.2, 0.25) is 5.02 Å². The number of sulfonamides is 1. The maximum Gasteiger partial charge on any atom is 0.244 e. The van der Waals surface area contributed by atoms with Gasteiger partial charge in [-0.25, -0.2) is 8.42 Å². The van der Waals surface area contributed by atoms with Gasteiger partial charge in [-0.3, -0.25) is 13.9 Å². The first-order valence-corrected chi connectivity index (χ1v) is 12.7. The van der Waals surface area contributed by atoms with Crippen molar-refractivity contribution >= 4 is 39.1 Å². The van der Waals surface area contributed by atoms with Gasteiger partial charge in [-0.05, 0) is 49.2 Å². The van der Waals surface area contributed by atoms with Gasteiger partial charge in [-0.15, -0.1) is 0 Å². The first-order chi connectivity index (χ1) is 15.6. The standard InChI is InChI=1S/C23H30ClN3O5S/c1-5-13-25-23(29)17(2)26(15-18-9-11-21(32-3)12-10-18)22(28)16-27(33(4,30)31)20-8-6-7-19(24)14-20/h6-12,14,17H,5,13,15-16H2,1-4H3,(H,25,29)/t17-/m1/s1. The zero-order valence-corrected chi connectivity index (χ0v) is 20.8. The maximum atomic E-state index is 13.4. The number of benzene rings is 2. The van der Waals surface area contributed by atoms with E-state index in [0.29, 0.717) is 17.3 Å². The Kier molecular flexibility index (Phi) is 9.55. The Bertz CT molecular complexity index is 1060. The number of halogens is 1. The van der Waals surface area contributed by atoms with E-state index in [2.05, 4.69) is 5.32 Å². The van der Waals surface area contributed by atoms with Crippen LogP contribution in [0.1, 0.15) is 25.8 Å². The second-order valence-corrected chi connectivity index (χ2v) is 9.93. The number of ether oxygens (including phenoxy) is 1. The third-order valence-electron chi connectivity index (χ3n) is 5.00. The van der Waals surface area contributed by atoms with Gasteiger partial charge in [0.05, 0.1) is 19.1 Å². The fourth-order valence-electron chi connectivity index (χ4n) is 3.15. The molecule has 180 valence electrons. The molecule has 2 amide bonds. The summed E-state index contributed by atoms with van der Waals surface area (Å²) < 4.78 is 31.1. The normalized spacial score (nSPS) is 12.0. The van der Waals surface area contributed by atoms with Crippen molar-refractivity contribution in [2.45, 2.75) is 32.9 Å². The number of hydrogen-bond acceptors (Lipinski definition) is 5. The van der Waals surface area contributed by atoms with E-state index in [-0.39, 0.29) is 18.1 Å². The third kappa shape index (κ3) is 7.64. The molecular formula is C23H30ClN3O5S. The summed E-state index contributed by atoms with van der Waals surface area (Å²) in [5, 5.41) is 3.14. The molecule has 33 heavy (non-hydrogen) atoms. The van der Waals surface area contributed by atoms with Crippen molar-refractivity contribution in [1.82, 2.24) is 10.2 Å². The summed E-state index contributed by atoms with van der Waals surface area (Å²) in [4.78, 5) is 27.4. The van der Waals surface area contributed by atoms with Crippen molar-refractivity contribution in [2.75, 3.05) is 30.8 Å². The third-order valence-corrected chi connectivity index (χ3v) is 6.38. The van der Waals surface area contributed by atoms with Crippen LogP contribution in [0.25, 0.3) is 0 Å². The van der Waals surface area contributed by atoms with Crippen molar-refractivity contribution in [1.29, 1.82) is 0 Å². The molecule has 0 spiro atoms. The SMILES string of the molecule is CCCNC(=O)[C@@H](C)N(Cc1ccc(OC)cc1)C(=O)CN(c1cccc(Cl)c1)S(C)(=O)=O. The zero-order valence-electron chi connectivity index (χ0n) is 19.2. The molecule has 0 bridgehead atoms. The van der Waals surface area contributed by atoms with E-state index in [4.69, 9.17) is 16.3 Å². The molecule has 0 aliphatic carbocycles. The fourth-order valence-corrected chi connectivity index (χ4v) is 4.18. The summed E-state index contributed by atoms with van der Waals surface area (Å²) in [6.45, 7) is 3.68. The number of methoxy groups -OCH3 is 1. The van der Waals surface area contributed by atoms with E-state index in [1.807, 2.05) is 6.92 Å². The molecule has 0 radical (unpaired) electrons. The molecule has 1 N–H and O–H groups in total. The van der Waals surface area contributed by atoms with E-state index < -0.39 is 28.5 Å². The number of rotatable bonds is 11. The molecule has 0 heterocycles. The van der Waals surface area contributed by atoms with E-state index in [1.54, 1.807) is 56.5 Å². The van der Waals surface area contributed by atoms with Crippen LogP contribution in [0.4, 0.5) is 5.69 Å². The second kappa shape index (κ2) is 11.9. The molecule has 10 heteroatoms. The van der Waals surface area contributed by atoms with E-state index >= 15 is 0 Å². The lowest BCUT2D eigenvalue weighted by atomic mass is 10.1. The fraction of sp³-hybridized carbons (Fsp3) is 0.391. The number of nitrogens with zero attached hydrogens (tertiary/aromatic N) is 2. The average Bonchev–Trinajstić information content (AvgIpc) is 2.78. The number of anilines is 1. The first kappa shape index (κ1) is 26.5. The van der Waals surface area contributed by atoms with E-state index in [0.717, 1.165) is 22.5 Å². The molecule has 0 aromatic heterocycles. The highest BCUT2D eigenvalue weighted by Gasteiger charge is 2.30. The van der Waals surface area contributed by atoms with Crippen LogP contribution in [-0.4, -0.2) is 57.6 Å². The Morgan fingerprint density at radius 2 is 1.82 bits per heavy atom. The highest BCUT2D eigenvalue weighted by Crippen LogP contribution is 2.23. The number of carbonyl (C=O) groups excluding carboxylic acids is 2. The minimum Gasteiger partial charge on any atom is -0.497 e. The molecule has 1 atom stereocenters. The van der Waals surface area contributed by atoms with Gasteiger partial charge in [-0.2, -0.15) is 0 Å². The Balaban J connectivity index is 2.36. The predicted molar refractivity (Wildman–Crippen MR) is 130 cm³/mol.